The minimum absolute atomic E-state index is 0.113. The lowest BCUT2D eigenvalue weighted by Crippen LogP contribution is -2.50. The topological polar surface area (TPSA) is 62.6 Å². The predicted molar refractivity (Wildman–Crippen MR) is 70.6 cm³/mol. The third-order valence-corrected chi connectivity index (χ3v) is 4.63. The van der Waals surface area contributed by atoms with Crippen LogP contribution in [0.1, 0.15) is 10.6 Å². The van der Waals surface area contributed by atoms with E-state index in [1.807, 2.05) is 6.07 Å². The molecule has 18 heavy (non-hydrogen) atoms. The molecule has 0 radical (unpaired) electrons. The van der Waals surface area contributed by atoms with Gasteiger partial charge in [0.15, 0.2) is 5.76 Å². The number of rotatable bonds is 2. The van der Waals surface area contributed by atoms with Gasteiger partial charge in [-0.3, -0.25) is 9.59 Å². The van der Waals surface area contributed by atoms with Gasteiger partial charge in [-0.25, -0.2) is 0 Å². The Morgan fingerprint density at radius 3 is 2.67 bits per heavy atom. The fourth-order valence-corrected chi connectivity index (χ4v) is 2.82. The van der Waals surface area contributed by atoms with E-state index in [0.29, 0.717) is 18.8 Å². The second-order valence-electron chi connectivity index (χ2n) is 5.49. The second kappa shape index (κ2) is 4.60. The summed E-state index contributed by atoms with van der Waals surface area (Å²) in [6, 6.07) is 3.59. The van der Waals surface area contributed by atoms with Gasteiger partial charge in [-0.15, -0.1) is 0 Å². The maximum atomic E-state index is 12.2. The third kappa shape index (κ3) is 2.64. The van der Waals surface area contributed by atoms with Crippen LogP contribution in [0, 0.1) is 0 Å². The van der Waals surface area contributed by atoms with E-state index in [0.717, 1.165) is 5.38 Å². The van der Waals surface area contributed by atoms with Crippen LogP contribution in [0.25, 0.3) is 0 Å². The summed E-state index contributed by atoms with van der Waals surface area (Å²) in [7, 11) is -1.54. The number of hydrogen-bond donors (Lipinski definition) is 1. The van der Waals surface area contributed by atoms with Gasteiger partial charge in [-0.2, -0.15) is 0 Å². The molecule has 2 amide bonds. The van der Waals surface area contributed by atoms with E-state index in [1.165, 1.54) is 4.90 Å². The van der Waals surface area contributed by atoms with Crippen LogP contribution in [0.4, 0.5) is 0 Å². The summed E-state index contributed by atoms with van der Waals surface area (Å²) in [6.45, 7) is 7.64. The molecule has 1 aliphatic heterocycles. The fraction of sp³-hybridized carbons (Fsp3) is 0.500. The molecule has 1 aromatic rings. The van der Waals surface area contributed by atoms with Crippen LogP contribution in [-0.2, 0) is 4.79 Å². The molecular formula is C12H18N2O3Si. The van der Waals surface area contributed by atoms with Crippen molar-refractivity contribution in [2.45, 2.75) is 19.6 Å². The lowest BCUT2D eigenvalue weighted by molar-refractivity contribution is -0.123. The quantitative estimate of drug-likeness (QED) is 0.788. The molecule has 1 aromatic heterocycles. The highest BCUT2D eigenvalue weighted by atomic mass is 28.3. The van der Waals surface area contributed by atoms with E-state index in [2.05, 4.69) is 25.0 Å². The first-order valence-corrected chi connectivity index (χ1v) is 9.54. The van der Waals surface area contributed by atoms with Crippen molar-refractivity contribution in [3.63, 3.8) is 0 Å². The molecule has 1 fully saturated rings. The molecule has 0 saturated carbocycles. The summed E-state index contributed by atoms with van der Waals surface area (Å²) in [6.07, 6.45) is 0. The second-order valence-corrected chi connectivity index (χ2v) is 10.5. The van der Waals surface area contributed by atoms with Crippen molar-refractivity contribution in [2.75, 3.05) is 19.6 Å². The van der Waals surface area contributed by atoms with Crippen molar-refractivity contribution in [3.05, 3.63) is 17.9 Å². The zero-order chi connectivity index (χ0) is 13.3. The first-order chi connectivity index (χ1) is 8.38. The molecule has 1 N–H and O–H groups in total. The highest BCUT2D eigenvalue weighted by Gasteiger charge is 2.27. The highest BCUT2D eigenvalue weighted by Crippen LogP contribution is 2.10. The number of amides is 2. The Kier molecular flexibility index (Phi) is 3.29. The van der Waals surface area contributed by atoms with Gasteiger partial charge in [0.2, 0.25) is 5.91 Å². The van der Waals surface area contributed by atoms with Gasteiger partial charge in [0.05, 0.1) is 5.38 Å². The average molecular weight is 266 g/mol. The zero-order valence-electron chi connectivity index (χ0n) is 10.9. The summed E-state index contributed by atoms with van der Waals surface area (Å²) in [5, 5.41) is 3.60. The Balaban J connectivity index is 2.14. The SMILES string of the molecule is C[Si](C)(C)c1ccc(C(=O)N2CCNC(=O)C2)o1. The molecule has 6 heteroatoms. The molecule has 5 nitrogen and oxygen atoms in total. The largest absolute Gasteiger partial charge is 0.461 e. The number of furan rings is 1. The van der Waals surface area contributed by atoms with E-state index < -0.39 is 8.07 Å². The maximum absolute atomic E-state index is 12.2. The average Bonchev–Trinajstić information content (AvgIpc) is 2.77. The van der Waals surface area contributed by atoms with Gasteiger partial charge >= 0.3 is 0 Å². The number of carbonyl (C=O) groups is 2. The Morgan fingerprint density at radius 2 is 2.11 bits per heavy atom. The smallest absolute Gasteiger partial charge is 0.290 e. The first kappa shape index (κ1) is 12.9. The van der Waals surface area contributed by atoms with Gasteiger partial charge in [-0.05, 0) is 12.1 Å². The van der Waals surface area contributed by atoms with Gasteiger partial charge in [0, 0.05) is 13.1 Å². The summed E-state index contributed by atoms with van der Waals surface area (Å²) in [5.41, 5.74) is 0. The Bertz CT molecular complexity index is 476. The van der Waals surface area contributed by atoms with Crippen LogP contribution >= 0.6 is 0 Å². The minimum Gasteiger partial charge on any atom is -0.461 e. The minimum atomic E-state index is -1.54. The number of piperazine rings is 1. The molecule has 0 unspecified atom stereocenters. The van der Waals surface area contributed by atoms with Gasteiger partial charge < -0.3 is 14.6 Å². The van der Waals surface area contributed by atoms with Crippen molar-refractivity contribution in [2.24, 2.45) is 0 Å². The molecule has 0 aliphatic carbocycles. The molecule has 0 spiro atoms. The monoisotopic (exact) mass is 266 g/mol. The maximum Gasteiger partial charge on any atom is 0.290 e. The lowest BCUT2D eigenvalue weighted by Gasteiger charge is -2.25. The summed E-state index contributed by atoms with van der Waals surface area (Å²) in [4.78, 5) is 24.9. The molecule has 1 aliphatic rings. The van der Waals surface area contributed by atoms with E-state index in [9.17, 15) is 9.59 Å². The molecule has 2 heterocycles. The van der Waals surface area contributed by atoms with Crippen molar-refractivity contribution < 1.29 is 14.0 Å². The highest BCUT2D eigenvalue weighted by molar-refractivity contribution is 6.87. The summed E-state index contributed by atoms with van der Waals surface area (Å²) >= 11 is 0. The molecule has 1 saturated heterocycles. The number of nitrogens with one attached hydrogen (secondary N) is 1. The van der Waals surface area contributed by atoms with E-state index in [-0.39, 0.29) is 18.4 Å². The number of nitrogens with zero attached hydrogens (tertiary/aromatic N) is 1. The molecule has 0 atom stereocenters. The van der Waals surface area contributed by atoms with Crippen molar-refractivity contribution in [3.8, 4) is 0 Å². The van der Waals surface area contributed by atoms with Crippen LogP contribution in [-0.4, -0.2) is 44.4 Å². The number of carbonyl (C=O) groups excluding carboxylic acids is 2. The summed E-state index contributed by atoms with van der Waals surface area (Å²) < 4.78 is 5.64. The van der Waals surface area contributed by atoms with Crippen LogP contribution in [0.15, 0.2) is 16.5 Å². The van der Waals surface area contributed by atoms with E-state index in [4.69, 9.17) is 4.42 Å². The Morgan fingerprint density at radius 1 is 1.39 bits per heavy atom. The Labute approximate surface area is 107 Å². The van der Waals surface area contributed by atoms with Gasteiger partial charge in [0.1, 0.15) is 14.6 Å². The standard InChI is InChI=1S/C12H18N2O3Si/c1-18(2,3)11-5-4-9(17-11)12(16)14-7-6-13-10(15)8-14/h4-5H,6-8H2,1-3H3,(H,13,15). The van der Waals surface area contributed by atoms with E-state index in [1.54, 1.807) is 6.07 Å². The molecule has 0 aromatic carbocycles. The predicted octanol–water partition coefficient (Wildman–Crippen LogP) is 0.397. The molecular weight excluding hydrogens is 248 g/mol. The molecule has 2 rings (SSSR count). The van der Waals surface area contributed by atoms with Crippen molar-refractivity contribution >= 4 is 25.3 Å². The van der Waals surface area contributed by atoms with Crippen LogP contribution in [0.5, 0.6) is 0 Å². The van der Waals surface area contributed by atoms with Crippen LogP contribution < -0.4 is 10.7 Å². The normalized spacial score (nSPS) is 16.6. The molecule has 0 bridgehead atoms. The number of hydrogen-bond acceptors (Lipinski definition) is 3. The zero-order valence-corrected chi connectivity index (χ0v) is 11.9. The summed E-state index contributed by atoms with van der Waals surface area (Å²) in [5.74, 6) is 0.0167. The molecule has 98 valence electrons. The lowest BCUT2D eigenvalue weighted by atomic mass is 10.3. The van der Waals surface area contributed by atoms with Crippen molar-refractivity contribution in [1.82, 2.24) is 10.2 Å². The Hall–Kier alpha value is -1.56. The van der Waals surface area contributed by atoms with Crippen molar-refractivity contribution in [1.29, 1.82) is 0 Å². The van der Waals surface area contributed by atoms with Gasteiger partial charge in [-0.1, -0.05) is 19.6 Å². The van der Waals surface area contributed by atoms with Gasteiger partial charge in [0.25, 0.3) is 5.91 Å². The van der Waals surface area contributed by atoms with E-state index >= 15 is 0 Å². The first-order valence-electron chi connectivity index (χ1n) is 6.04. The van der Waals surface area contributed by atoms with Crippen LogP contribution in [0.2, 0.25) is 19.6 Å². The third-order valence-electron chi connectivity index (χ3n) is 2.88. The fourth-order valence-electron chi connectivity index (χ4n) is 1.82. The van der Waals surface area contributed by atoms with Crippen LogP contribution in [0.3, 0.4) is 0 Å².